The Balaban J connectivity index is 1.70. The molecular weight excluding hydrogens is 376 g/mol. The molecule has 1 aromatic heterocycles. The molecule has 0 unspecified atom stereocenters. The Bertz CT molecular complexity index is 898. The summed E-state index contributed by atoms with van der Waals surface area (Å²) < 4.78 is 0. The summed E-state index contributed by atoms with van der Waals surface area (Å²) in [5.41, 5.74) is 4.86. The largest absolute Gasteiger partial charge is 0.349 e. The molecule has 1 atom stereocenters. The predicted molar refractivity (Wildman–Crippen MR) is 117 cm³/mol. The van der Waals surface area contributed by atoms with Crippen LogP contribution in [0.3, 0.4) is 0 Å². The Labute approximate surface area is 179 Å². The number of carbonyl (C=O) groups excluding carboxylic acids is 2. The lowest BCUT2D eigenvalue weighted by atomic mass is 9.95. The van der Waals surface area contributed by atoms with Gasteiger partial charge in [0, 0.05) is 50.1 Å². The highest BCUT2D eigenvalue weighted by atomic mass is 16.2. The van der Waals surface area contributed by atoms with Crippen molar-refractivity contribution >= 4 is 11.8 Å². The molecule has 1 aliphatic heterocycles. The third kappa shape index (κ3) is 5.23. The number of likely N-dealkylation sites (N-methyl/N-ethyl adjacent to an activating group) is 1. The molecule has 2 heterocycles. The molecule has 1 aliphatic rings. The SMILES string of the molecule is Cc1ccc(CC(=O)N2CCC[C@H](c3nc(C)c(CC(=O)N(C)C)c(C)n3)C2)cc1. The van der Waals surface area contributed by atoms with E-state index in [1.807, 2.05) is 49.9 Å². The molecule has 3 rings (SSSR count). The minimum absolute atomic E-state index is 0.0445. The number of amides is 2. The Hall–Kier alpha value is -2.76. The minimum atomic E-state index is 0.0445. The number of carbonyl (C=O) groups is 2. The second-order valence-electron chi connectivity index (χ2n) is 8.54. The average Bonchev–Trinajstić information content (AvgIpc) is 2.72. The average molecular weight is 409 g/mol. The van der Waals surface area contributed by atoms with Crippen molar-refractivity contribution in [1.29, 1.82) is 0 Å². The van der Waals surface area contributed by atoms with Gasteiger partial charge in [-0.3, -0.25) is 9.59 Å². The topological polar surface area (TPSA) is 66.4 Å². The van der Waals surface area contributed by atoms with Crippen LogP contribution < -0.4 is 0 Å². The van der Waals surface area contributed by atoms with Crippen LogP contribution in [-0.4, -0.2) is 58.8 Å². The first-order valence-electron chi connectivity index (χ1n) is 10.6. The highest BCUT2D eigenvalue weighted by Crippen LogP contribution is 2.26. The smallest absolute Gasteiger partial charge is 0.227 e. The molecule has 160 valence electrons. The molecule has 2 aromatic rings. The van der Waals surface area contributed by atoms with Crippen molar-refractivity contribution < 1.29 is 9.59 Å². The quantitative estimate of drug-likeness (QED) is 0.763. The van der Waals surface area contributed by atoms with Gasteiger partial charge in [0.15, 0.2) is 0 Å². The predicted octanol–water partition coefficient (Wildman–Crippen LogP) is 2.98. The van der Waals surface area contributed by atoms with Gasteiger partial charge in [-0.1, -0.05) is 29.8 Å². The van der Waals surface area contributed by atoms with E-state index >= 15 is 0 Å². The Kier molecular flexibility index (Phi) is 6.85. The van der Waals surface area contributed by atoms with E-state index in [4.69, 9.17) is 9.97 Å². The monoisotopic (exact) mass is 408 g/mol. The van der Waals surface area contributed by atoms with Crippen molar-refractivity contribution in [2.75, 3.05) is 27.2 Å². The Morgan fingerprint density at radius 1 is 1.03 bits per heavy atom. The molecule has 0 radical (unpaired) electrons. The number of hydrogen-bond donors (Lipinski definition) is 0. The van der Waals surface area contributed by atoms with Crippen molar-refractivity contribution in [1.82, 2.24) is 19.8 Å². The zero-order valence-electron chi connectivity index (χ0n) is 18.7. The highest BCUT2D eigenvalue weighted by Gasteiger charge is 2.27. The number of benzene rings is 1. The van der Waals surface area contributed by atoms with E-state index < -0.39 is 0 Å². The molecule has 6 heteroatoms. The number of aryl methyl sites for hydroxylation is 3. The molecular formula is C24H32N4O2. The first-order valence-corrected chi connectivity index (χ1v) is 10.6. The number of piperidine rings is 1. The first kappa shape index (κ1) is 21.9. The number of rotatable bonds is 5. The lowest BCUT2D eigenvalue weighted by molar-refractivity contribution is -0.131. The van der Waals surface area contributed by atoms with Gasteiger partial charge >= 0.3 is 0 Å². The van der Waals surface area contributed by atoms with Crippen LogP contribution in [0.15, 0.2) is 24.3 Å². The molecule has 0 saturated carbocycles. The van der Waals surface area contributed by atoms with Gasteiger partial charge in [0.05, 0.1) is 12.8 Å². The van der Waals surface area contributed by atoms with Crippen molar-refractivity contribution in [3.05, 3.63) is 58.2 Å². The zero-order valence-corrected chi connectivity index (χ0v) is 18.7. The van der Waals surface area contributed by atoms with Crippen molar-refractivity contribution in [2.24, 2.45) is 0 Å². The van der Waals surface area contributed by atoms with Crippen LogP contribution in [0.1, 0.15) is 52.7 Å². The van der Waals surface area contributed by atoms with Crippen LogP contribution in [0.25, 0.3) is 0 Å². The minimum Gasteiger partial charge on any atom is -0.349 e. The fourth-order valence-corrected chi connectivity index (χ4v) is 3.92. The van der Waals surface area contributed by atoms with Crippen LogP contribution >= 0.6 is 0 Å². The summed E-state index contributed by atoms with van der Waals surface area (Å²) in [5, 5.41) is 0. The number of likely N-dealkylation sites (tertiary alicyclic amines) is 1. The second-order valence-corrected chi connectivity index (χ2v) is 8.54. The van der Waals surface area contributed by atoms with Gasteiger partial charge in [-0.15, -0.1) is 0 Å². The lowest BCUT2D eigenvalue weighted by Crippen LogP contribution is -2.40. The summed E-state index contributed by atoms with van der Waals surface area (Å²) in [5.74, 6) is 1.13. The maximum Gasteiger partial charge on any atom is 0.227 e. The van der Waals surface area contributed by atoms with Gasteiger partial charge in [-0.25, -0.2) is 9.97 Å². The van der Waals surface area contributed by atoms with Gasteiger partial charge in [0.1, 0.15) is 5.82 Å². The van der Waals surface area contributed by atoms with E-state index in [1.165, 1.54) is 5.56 Å². The van der Waals surface area contributed by atoms with Gasteiger partial charge in [0.2, 0.25) is 11.8 Å². The Morgan fingerprint density at radius 2 is 1.67 bits per heavy atom. The summed E-state index contributed by atoms with van der Waals surface area (Å²) >= 11 is 0. The number of nitrogens with zero attached hydrogens (tertiary/aromatic N) is 4. The maximum atomic E-state index is 12.8. The summed E-state index contributed by atoms with van der Waals surface area (Å²) in [6.45, 7) is 7.37. The summed E-state index contributed by atoms with van der Waals surface area (Å²) in [4.78, 5) is 38.0. The van der Waals surface area contributed by atoms with Gasteiger partial charge in [0.25, 0.3) is 0 Å². The molecule has 1 saturated heterocycles. The molecule has 2 amide bonds. The molecule has 6 nitrogen and oxygen atoms in total. The molecule has 30 heavy (non-hydrogen) atoms. The fourth-order valence-electron chi connectivity index (χ4n) is 3.92. The van der Waals surface area contributed by atoms with E-state index in [1.54, 1.807) is 19.0 Å². The van der Waals surface area contributed by atoms with Gasteiger partial charge < -0.3 is 9.80 Å². The molecule has 0 spiro atoms. The Morgan fingerprint density at radius 3 is 2.27 bits per heavy atom. The van der Waals surface area contributed by atoms with Crippen LogP contribution in [0.2, 0.25) is 0 Å². The van der Waals surface area contributed by atoms with Crippen LogP contribution in [0, 0.1) is 20.8 Å². The summed E-state index contributed by atoms with van der Waals surface area (Å²) in [6.07, 6.45) is 2.67. The molecule has 0 aliphatic carbocycles. The highest BCUT2D eigenvalue weighted by molar-refractivity contribution is 5.79. The molecule has 0 bridgehead atoms. The number of hydrogen-bond acceptors (Lipinski definition) is 4. The lowest BCUT2D eigenvalue weighted by Gasteiger charge is -2.32. The second kappa shape index (κ2) is 9.37. The standard InChI is InChI=1S/C24H32N4O2/c1-16-8-10-19(11-9-16)13-23(30)28-12-6-7-20(15-28)24-25-17(2)21(18(3)26-24)14-22(29)27(4)5/h8-11,20H,6-7,12-15H2,1-5H3/t20-/m0/s1. The van der Waals surface area contributed by atoms with E-state index in [2.05, 4.69) is 0 Å². The molecule has 0 N–H and O–H groups in total. The van der Waals surface area contributed by atoms with Gasteiger partial charge in [-0.2, -0.15) is 0 Å². The zero-order chi connectivity index (χ0) is 21.8. The van der Waals surface area contributed by atoms with Crippen molar-refractivity contribution in [3.8, 4) is 0 Å². The fraction of sp³-hybridized carbons (Fsp3) is 0.500. The molecule has 1 aromatic carbocycles. The normalized spacial score (nSPS) is 16.4. The van der Waals surface area contributed by atoms with E-state index in [-0.39, 0.29) is 17.7 Å². The van der Waals surface area contributed by atoms with E-state index in [0.717, 1.165) is 47.7 Å². The van der Waals surface area contributed by atoms with E-state index in [0.29, 0.717) is 19.4 Å². The summed E-state index contributed by atoms with van der Waals surface area (Å²) in [6, 6.07) is 8.14. The first-order chi connectivity index (χ1) is 14.2. The third-order valence-electron chi connectivity index (χ3n) is 5.88. The van der Waals surface area contributed by atoms with Crippen molar-refractivity contribution in [2.45, 2.75) is 52.4 Å². The third-order valence-corrected chi connectivity index (χ3v) is 5.88. The maximum absolute atomic E-state index is 12.8. The van der Waals surface area contributed by atoms with Crippen LogP contribution in [0.5, 0.6) is 0 Å². The summed E-state index contributed by atoms with van der Waals surface area (Å²) in [7, 11) is 3.51. The number of aromatic nitrogens is 2. The van der Waals surface area contributed by atoms with Gasteiger partial charge in [-0.05, 0) is 39.2 Å². The van der Waals surface area contributed by atoms with Crippen LogP contribution in [-0.2, 0) is 22.4 Å². The van der Waals surface area contributed by atoms with Crippen LogP contribution in [0.4, 0.5) is 0 Å². The molecule has 1 fully saturated rings. The van der Waals surface area contributed by atoms with Crippen molar-refractivity contribution in [3.63, 3.8) is 0 Å². The van der Waals surface area contributed by atoms with E-state index in [9.17, 15) is 9.59 Å².